The number of carbonyl (C=O) groups excluding carboxylic acids is 1. The monoisotopic (exact) mass is 441 g/mol. The summed E-state index contributed by atoms with van der Waals surface area (Å²) in [6.45, 7) is 1.28. The number of carbonyl (C=O) groups is 1. The van der Waals surface area contributed by atoms with Crippen LogP contribution in [-0.4, -0.2) is 34.4 Å². The molecule has 1 saturated carbocycles. The zero-order chi connectivity index (χ0) is 22.8. The van der Waals surface area contributed by atoms with Gasteiger partial charge in [0.2, 0.25) is 0 Å². The van der Waals surface area contributed by atoms with Gasteiger partial charge in [-0.1, -0.05) is 0 Å². The van der Waals surface area contributed by atoms with Gasteiger partial charge in [0.1, 0.15) is 17.4 Å². The van der Waals surface area contributed by atoms with Crippen LogP contribution in [0.25, 0.3) is 11.0 Å². The lowest BCUT2D eigenvalue weighted by Crippen LogP contribution is -2.40. The van der Waals surface area contributed by atoms with Gasteiger partial charge in [0.05, 0.1) is 35.5 Å². The van der Waals surface area contributed by atoms with Crippen LogP contribution < -0.4 is 9.64 Å². The summed E-state index contributed by atoms with van der Waals surface area (Å²) in [6.07, 6.45) is 5.18. The molecule has 2 atom stereocenters. The van der Waals surface area contributed by atoms with Crippen molar-refractivity contribution in [3.05, 3.63) is 54.4 Å². The Balaban J connectivity index is 1.30. The van der Waals surface area contributed by atoms with Crippen LogP contribution in [0.4, 0.5) is 10.5 Å². The van der Waals surface area contributed by atoms with E-state index in [1.807, 2.05) is 36.7 Å². The average molecular weight is 441 g/mol. The quantitative estimate of drug-likeness (QED) is 0.581. The molecule has 2 heterocycles. The topological polar surface area (TPSA) is 104 Å². The number of nitriles is 2. The molecule has 0 radical (unpaired) electrons. The maximum atomic E-state index is 12.8. The number of amides is 1. The van der Waals surface area contributed by atoms with E-state index in [9.17, 15) is 10.1 Å². The molecule has 3 aromatic rings. The van der Waals surface area contributed by atoms with E-state index < -0.39 is 5.60 Å². The Kier molecular flexibility index (Phi) is 5.35. The van der Waals surface area contributed by atoms with Gasteiger partial charge in [0.25, 0.3) is 0 Å². The van der Waals surface area contributed by atoms with Crippen molar-refractivity contribution in [1.82, 2.24) is 9.55 Å². The summed E-state index contributed by atoms with van der Waals surface area (Å²) in [5.41, 5.74) is 2.71. The molecule has 5 rings (SSSR count). The first-order valence-corrected chi connectivity index (χ1v) is 11.0. The van der Waals surface area contributed by atoms with E-state index in [1.165, 1.54) is 0 Å². The molecule has 2 aromatic carbocycles. The maximum Gasteiger partial charge on any atom is 0.415 e. The number of anilines is 1. The van der Waals surface area contributed by atoms with Crippen LogP contribution in [-0.2, 0) is 11.3 Å². The first-order chi connectivity index (χ1) is 16.1. The first kappa shape index (κ1) is 20.8. The molecule has 2 aliphatic rings. The lowest BCUT2D eigenvalue weighted by molar-refractivity contribution is 0.00439. The molecule has 0 bridgehead atoms. The molecule has 8 heteroatoms. The van der Waals surface area contributed by atoms with Gasteiger partial charge >= 0.3 is 6.09 Å². The van der Waals surface area contributed by atoms with E-state index in [-0.39, 0.29) is 12.7 Å². The number of rotatable bonds is 5. The molecular formula is C25H23N5O3. The molecule has 1 unspecified atom stereocenters. The Morgan fingerprint density at radius 2 is 2.06 bits per heavy atom. The molecule has 0 N–H and O–H groups in total. The highest BCUT2D eigenvalue weighted by Gasteiger charge is 2.48. The zero-order valence-electron chi connectivity index (χ0n) is 18.1. The lowest BCUT2D eigenvalue weighted by atomic mass is 9.78. The first-order valence-electron chi connectivity index (χ1n) is 11.0. The van der Waals surface area contributed by atoms with Gasteiger partial charge < -0.3 is 14.0 Å². The minimum absolute atomic E-state index is 0.0143. The van der Waals surface area contributed by atoms with E-state index >= 15 is 0 Å². The molecular weight excluding hydrogens is 418 g/mol. The highest BCUT2D eigenvalue weighted by atomic mass is 16.6. The van der Waals surface area contributed by atoms with Crippen LogP contribution in [0, 0.1) is 28.6 Å². The highest BCUT2D eigenvalue weighted by molar-refractivity contribution is 5.90. The Morgan fingerprint density at radius 1 is 1.21 bits per heavy atom. The molecule has 33 heavy (non-hydrogen) atoms. The molecule has 1 spiro atoms. The largest absolute Gasteiger partial charge is 0.479 e. The van der Waals surface area contributed by atoms with Crippen LogP contribution >= 0.6 is 0 Å². The summed E-state index contributed by atoms with van der Waals surface area (Å²) in [5.74, 6) is 0.934. The van der Waals surface area contributed by atoms with E-state index in [4.69, 9.17) is 14.7 Å². The second kappa shape index (κ2) is 8.48. The fourth-order valence-corrected chi connectivity index (χ4v) is 5.05. The zero-order valence-corrected chi connectivity index (χ0v) is 18.1. The molecule has 1 aliphatic carbocycles. The van der Waals surface area contributed by atoms with Crippen molar-refractivity contribution in [2.75, 3.05) is 18.1 Å². The number of benzene rings is 2. The smallest absolute Gasteiger partial charge is 0.415 e. The van der Waals surface area contributed by atoms with Gasteiger partial charge in [0, 0.05) is 12.2 Å². The van der Waals surface area contributed by atoms with E-state index in [2.05, 4.69) is 15.6 Å². The summed E-state index contributed by atoms with van der Waals surface area (Å²) in [7, 11) is 0. The number of hydrogen-bond acceptors (Lipinski definition) is 6. The summed E-state index contributed by atoms with van der Waals surface area (Å²) in [6, 6.07) is 16.8. The summed E-state index contributed by atoms with van der Waals surface area (Å²) in [4.78, 5) is 18.9. The number of ether oxygens (including phenoxy) is 2. The summed E-state index contributed by atoms with van der Waals surface area (Å²) < 4.78 is 13.4. The number of hydrogen-bond donors (Lipinski definition) is 0. The number of aromatic nitrogens is 2. The van der Waals surface area contributed by atoms with Gasteiger partial charge in [-0.05, 0) is 74.1 Å². The second-order valence-electron chi connectivity index (χ2n) is 8.75. The fourth-order valence-electron chi connectivity index (χ4n) is 5.05. The Morgan fingerprint density at radius 3 is 2.85 bits per heavy atom. The van der Waals surface area contributed by atoms with Crippen molar-refractivity contribution in [3.63, 3.8) is 0 Å². The van der Waals surface area contributed by atoms with Crippen LogP contribution in [0.3, 0.4) is 0 Å². The predicted molar refractivity (Wildman–Crippen MR) is 121 cm³/mol. The molecule has 2 fully saturated rings. The summed E-state index contributed by atoms with van der Waals surface area (Å²) >= 11 is 0. The highest BCUT2D eigenvalue weighted by Crippen LogP contribution is 2.42. The minimum Gasteiger partial charge on any atom is -0.479 e. The molecule has 1 amide bonds. The number of imidazole rings is 1. The van der Waals surface area contributed by atoms with Gasteiger partial charge in [-0.2, -0.15) is 10.5 Å². The number of fused-ring (bicyclic) bond motifs is 1. The summed E-state index contributed by atoms with van der Waals surface area (Å²) in [5, 5.41) is 17.9. The maximum absolute atomic E-state index is 12.8. The third-order valence-electron chi connectivity index (χ3n) is 6.53. The molecule has 1 aliphatic heterocycles. The van der Waals surface area contributed by atoms with Gasteiger partial charge in [-0.3, -0.25) is 4.90 Å². The van der Waals surface area contributed by atoms with Gasteiger partial charge in [-0.15, -0.1) is 0 Å². The van der Waals surface area contributed by atoms with Crippen LogP contribution in [0.1, 0.15) is 31.2 Å². The average Bonchev–Trinajstić information content (AvgIpc) is 3.37. The third-order valence-corrected chi connectivity index (χ3v) is 6.53. The third kappa shape index (κ3) is 4.08. The standard InChI is InChI=1S/C25H23N5O3/c26-10-11-32-21-6-4-20(5-7-21)30-16-25(33-24(30)31)9-1-2-19(13-25)15-29-17-28-22-8-3-18(14-27)12-23(22)29/h3-8,12,17,19H,1-2,9,11,13,15-16H2/t19?,25-/m0/s1. The van der Waals surface area contributed by atoms with Gasteiger partial charge in [0.15, 0.2) is 6.61 Å². The van der Waals surface area contributed by atoms with Crippen LogP contribution in [0.2, 0.25) is 0 Å². The van der Waals surface area contributed by atoms with Crippen molar-refractivity contribution in [2.24, 2.45) is 5.92 Å². The molecule has 1 aromatic heterocycles. The van der Waals surface area contributed by atoms with E-state index in [1.54, 1.807) is 23.1 Å². The SMILES string of the molecule is N#CCOc1ccc(N2C[C@@]3(CCCC(Cn4cnc5ccc(C#N)cc54)C3)OC2=O)cc1. The van der Waals surface area contributed by atoms with Crippen LogP contribution in [0.5, 0.6) is 5.75 Å². The van der Waals surface area contributed by atoms with Crippen molar-refractivity contribution in [1.29, 1.82) is 10.5 Å². The van der Waals surface area contributed by atoms with Gasteiger partial charge in [-0.25, -0.2) is 9.78 Å². The Hall–Kier alpha value is -4.04. The minimum atomic E-state index is -0.496. The number of nitrogens with zero attached hydrogens (tertiary/aromatic N) is 5. The van der Waals surface area contributed by atoms with Crippen molar-refractivity contribution < 1.29 is 14.3 Å². The second-order valence-corrected chi connectivity index (χ2v) is 8.75. The van der Waals surface area contributed by atoms with Crippen molar-refractivity contribution in [3.8, 4) is 17.9 Å². The Bertz CT molecular complexity index is 1270. The Labute approximate surface area is 191 Å². The van der Waals surface area contributed by atoms with Crippen LogP contribution in [0.15, 0.2) is 48.8 Å². The lowest BCUT2D eigenvalue weighted by Gasteiger charge is -2.36. The normalized spacial score (nSPS) is 22.2. The molecule has 8 nitrogen and oxygen atoms in total. The fraction of sp³-hybridized carbons (Fsp3) is 0.360. The van der Waals surface area contributed by atoms with Crippen molar-refractivity contribution >= 4 is 22.8 Å². The van der Waals surface area contributed by atoms with E-state index in [0.717, 1.165) is 48.9 Å². The predicted octanol–water partition coefficient (Wildman–Crippen LogP) is 4.40. The molecule has 166 valence electrons. The molecule has 1 saturated heterocycles. The van der Waals surface area contributed by atoms with E-state index in [0.29, 0.717) is 23.8 Å². The van der Waals surface area contributed by atoms with Crippen molar-refractivity contribution in [2.45, 2.75) is 37.8 Å².